The minimum atomic E-state index is -0.499. The first-order valence-electron chi connectivity index (χ1n) is 11.3. The van der Waals surface area contributed by atoms with Crippen molar-refractivity contribution in [1.29, 1.82) is 0 Å². The monoisotopic (exact) mass is 424 g/mol. The molecule has 2 aromatic rings. The molecular weight excluding hydrogens is 388 g/mol. The molecule has 0 spiro atoms. The Balaban J connectivity index is 1.49. The van der Waals surface area contributed by atoms with Gasteiger partial charge in [0.15, 0.2) is 6.10 Å². The first-order valence-corrected chi connectivity index (χ1v) is 11.3. The van der Waals surface area contributed by atoms with Gasteiger partial charge in [0.25, 0.3) is 5.91 Å². The number of carbonyl (C=O) groups is 1. The highest BCUT2D eigenvalue weighted by atomic mass is 16.5. The largest absolute Gasteiger partial charge is 0.481 e. The molecular formula is C26H36N2O3. The Bertz CT molecular complexity index is 819. The molecule has 0 aromatic heterocycles. The fraction of sp³-hybridized carbons (Fsp3) is 0.500. The first kappa shape index (κ1) is 23.3. The van der Waals surface area contributed by atoms with Gasteiger partial charge in [-0.1, -0.05) is 64.1 Å². The van der Waals surface area contributed by atoms with Crippen LogP contribution in [0.25, 0.3) is 0 Å². The highest BCUT2D eigenvalue weighted by Crippen LogP contribution is 2.25. The zero-order valence-corrected chi connectivity index (χ0v) is 19.3. The number of amides is 1. The number of ether oxygens (including phenoxy) is 2. The van der Waals surface area contributed by atoms with Crippen LogP contribution in [-0.4, -0.2) is 43.2 Å². The van der Waals surface area contributed by atoms with Crippen LogP contribution in [0.2, 0.25) is 0 Å². The molecule has 168 valence electrons. The minimum Gasteiger partial charge on any atom is -0.481 e. The van der Waals surface area contributed by atoms with E-state index in [4.69, 9.17) is 9.47 Å². The molecule has 1 unspecified atom stereocenters. The summed E-state index contributed by atoms with van der Waals surface area (Å²) in [4.78, 5) is 15.1. The number of morpholine rings is 1. The third-order valence-electron chi connectivity index (χ3n) is 5.66. The molecule has 1 aliphatic rings. The summed E-state index contributed by atoms with van der Waals surface area (Å²) in [5.74, 6) is 0.641. The second-order valence-electron chi connectivity index (χ2n) is 9.21. The summed E-state index contributed by atoms with van der Waals surface area (Å²) in [7, 11) is 0. The van der Waals surface area contributed by atoms with E-state index in [0.29, 0.717) is 13.0 Å². The van der Waals surface area contributed by atoms with Crippen LogP contribution >= 0.6 is 0 Å². The zero-order chi connectivity index (χ0) is 22.3. The Morgan fingerprint density at radius 2 is 1.65 bits per heavy atom. The quantitative estimate of drug-likeness (QED) is 0.687. The summed E-state index contributed by atoms with van der Waals surface area (Å²) in [6.07, 6.45) is 0.117. The Hall–Kier alpha value is -2.37. The van der Waals surface area contributed by atoms with Crippen LogP contribution in [0.5, 0.6) is 5.75 Å². The van der Waals surface area contributed by atoms with Crippen molar-refractivity contribution >= 4 is 5.91 Å². The number of hydrogen-bond donors (Lipinski definition) is 1. The van der Waals surface area contributed by atoms with E-state index in [1.54, 1.807) is 0 Å². The Morgan fingerprint density at radius 3 is 2.23 bits per heavy atom. The van der Waals surface area contributed by atoms with Crippen LogP contribution in [0.3, 0.4) is 0 Å². The fourth-order valence-electron chi connectivity index (χ4n) is 3.60. The van der Waals surface area contributed by atoms with Crippen LogP contribution < -0.4 is 10.1 Å². The van der Waals surface area contributed by atoms with Gasteiger partial charge in [-0.15, -0.1) is 0 Å². The lowest BCUT2D eigenvalue weighted by Crippen LogP contribution is -2.37. The van der Waals surface area contributed by atoms with Crippen molar-refractivity contribution in [2.24, 2.45) is 0 Å². The lowest BCUT2D eigenvalue weighted by Gasteiger charge is -2.26. The van der Waals surface area contributed by atoms with E-state index >= 15 is 0 Å². The summed E-state index contributed by atoms with van der Waals surface area (Å²) < 4.78 is 11.4. The zero-order valence-electron chi connectivity index (χ0n) is 19.3. The van der Waals surface area contributed by atoms with Crippen molar-refractivity contribution in [2.75, 3.05) is 26.3 Å². The number of benzene rings is 2. The van der Waals surface area contributed by atoms with Crippen molar-refractivity contribution in [2.45, 2.75) is 58.7 Å². The van der Waals surface area contributed by atoms with Gasteiger partial charge in [-0.05, 0) is 40.7 Å². The summed E-state index contributed by atoms with van der Waals surface area (Å²) >= 11 is 0. The smallest absolute Gasteiger partial charge is 0.261 e. The van der Waals surface area contributed by atoms with Gasteiger partial charge >= 0.3 is 0 Å². The summed E-state index contributed by atoms with van der Waals surface area (Å²) in [6, 6.07) is 16.5. The maximum Gasteiger partial charge on any atom is 0.261 e. The van der Waals surface area contributed by atoms with Gasteiger partial charge in [-0.3, -0.25) is 9.69 Å². The predicted molar refractivity (Wildman–Crippen MR) is 124 cm³/mol. The van der Waals surface area contributed by atoms with Gasteiger partial charge in [-0.2, -0.15) is 0 Å². The standard InChI is InChI=1S/C26H36N2O3/c1-5-24(31-23-12-10-22(11-13-23)26(2,3)4)25(29)27-18-20-6-8-21(9-7-20)19-28-14-16-30-17-15-28/h6-13,24H,5,14-19H2,1-4H3,(H,27,29). The number of hydrogen-bond acceptors (Lipinski definition) is 4. The molecule has 0 radical (unpaired) electrons. The molecule has 1 fully saturated rings. The highest BCUT2D eigenvalue weighted by Gasteiger charge is 2.19. The summed E-state index contributed by atoms with van der Waals surface area (Å²) in [6.45, 7) is 13.5. The molecule has 0 saturated carbocycles. The van der Waals surface area contributed by atoms with Gasteiger partial charge in [0.05, 0.1) is 13.2 Å². The van der Waals surface area contributed by atoms with E-state index in [0.717, 1.165) is 44.2 Å². The van der Waals surface area contributed by atoms with E-state index in [1.807, 2.05) is 19.1 Å². The normalized spacial score (nSPS) is 16.0. The average molecular weight is 425 g/mol. The summed E-state index contributed by atoms with van der Waals surface area (Å²) in [5.41, 5.74) is 3.71. The van der Waals surface area contributed by atoms with E-state index in [2.05, 4.69) is 67.4 Å². The molecule has 1 N–H and O–H groups in total. The molecule has 1 amide bonds. The van der Waals surface area contributed by atoms with Crippen LogP contribution in [0.4, 0.5) is 0 Å². The van der Waals surface area contributed by atoms with Crippen LogP contribution in [0.1, 0.15) is 50.8 Å². The molecule has 0 aliphatic carbocycles. The van der Waals surface area contributed by atoms with Crippen LogP contribution in [0, 0.1) is 0 Å². The fourth-order valence-corrected chi connectivity index (χ4v) is 3.60. The molecule has 0 bridgehead atoms. The number of carbonyl (C=O) groups excluding carboxylic acids is 1. The molecule has 1 aliphatic heterocycles. The highest BCUT2D eigenvalue weighted by molar-refractivity contribution is 5.81. The van der Waals surface area contributed by atoms with E-state index in [9.17, 15) is 4.79 Å². The van der Waals surface area contributed by atoms with Crippen LogP contribution in [0.15, 0.2) is 48.5 Å². The van der Waals surface area contributed by atoms with Crippen molar-refractivity contribution in [3.8, 4) is 5.75 Å². The number of nitrogens with zero attached hydrogens (tertiary/aromatic N) is 1. The number of nitrogens with one attached hydrogen (secondary N) is 1. The van der Waals surface area contributed by atoms with E-state index in [-0.39, 0.29) is 11.3 Å². The second kappa shape index (κ2) is 10.8. The third-order valence-corrected chi connectivity index (χ3v) is 5.66. The molecule has 5 heteroatoms. The summed E-state index contributed by atoms with van der Waals surface area (Å²) in [5, 5.41) is 3.02. The van der Waals surface area contributed by atoms with Gasteiger partial charge in [0.2, 0.25) is 0 Å². The molecule has 2 aromatic carbocycles. The lowest BCUT2D eigenvalue weighted by molar-refractivity contribution is -0.128. The maximum atomic E-state index is 12.7. The molecule has 1 saturated heterocycles. The predicted octanol–water partition coefficient (Wildman–Crippen LogP) is 4.29. The second-order valence-corrected chi connectivity index (χ2v) is 9.21. The Labute approximate surface area is 186 Å². The maximum absolute atomic E-state index is 12.7. The third kappa shape index (κ3) is 7.08. The van der Waals surface area contributed by atoms with Gasteiger partial charge < -0.3 is 14.8 Å². The minimum absolute atomic E-state index is 0.0835. The van der Waals surface area contributed by atoms with Gasteiger partial charge in [0.1, 0.15) is 5.75 Å². The number of rotatable bonds is 8. The van der Waals surface area contributed by atoms with E-state index in [1.165, 1.54) is 11.1 Å². The van der Waals surface area contributed by atoms with Gasteiger partial charge in [0, 0.05) is 26.2 Å². The van der Waals surface area contributed by atoms with E-state index < -0.39 is 6.10 Å². The molecule has 1 heterocycles. The Morgan fingerprint density at radius 1 is 1.03 bits per heavy atom. The molecule has 1 atom stereocenters. The van der Waals surface area contributed by atoms with Crippen LogP contribution in [-0.2, 0) is 28.0 Å². The topological polar surface area (TPSA) is 50.8 Å². The van der Waals surface area contributed by atoms with Crippen molar-refractivity contribution in [1.82, 2.24) is 10.2 Å². The van der Waals surface area contributed by atoms with Crippen molar-refractivity contribution in [3.63, 3.8) is 0 Å². The average Bonchev–Trinajstić information content (AvgIpc) is 2.77. The van der Waals surface area contributed by atoms with Crippen molar-refractivity contribution in [3.05, 3.63) is 65.2 Å². The molecule has 5 nitrogen and oxygen atoms in total. The first-order chi connectivity index (χ1) is 14.8. The SMILES string of the molecule is CCC(Oc1ccc(C(C)(C)C)cc1)C(=O)NCc1ccc(CN2CCOCC2)cc1. The molecule has 31 heavy (non-hydrogen) atoms. The lowest BCUT2D eigenvalue weighted by atomic mass is 9.87. The van der Waals surface area contributed by atoms with Gasteiger partial charge in [-0.25, -0.2) is 0 Å². The Kier molecular flexibility index (Phi) is 8.10. The molecule has 3 rings (SSSR count). The van der Waals surface area contributed by atoms with Crippen molar-refractivity contribution < 1.29 is 14.3 Å².